The molecule has 7 nitrogen and oxygen atoms in total. The second-order valence-corrected chi connectivity index (χ2v) is 15.5. The summed E-state index contributed by atoms with van der Waals surface area (Å²) < 4.78 is 79.9. The number of anilines is 1. The van der Waals surface area contributed by atoms with Crippen molar-refractivity contribution in [1.29, 1.82) is 0 Å². The average molecular weight is 485 g/mol. The maximum atomic E-state index is 13.1. The van der Waals surface area contributed by atoms with Crippen LogP contribution in [0.5, 0.6) is 0 Å². The van der Waals surface area contributed by atoms with Gasteiger partial charge in [0.05, 0.1) is 30.2 Å². The Morgan fingerprint density at radius 3 is 2.39 bits per heavy atom. The van der Waals surface area contributed by atoms with Crippen LogP contribution >= 0.6 is 0 Å². The largest absolute Gasteiger partial charge is 0.523 e. The molecule has 0 spiro atoms. The van der Waals surface area contributed by atoms with Crippen LogP contribution in [0.1, 0.15) is 52.2 Å². The van der Waals surface area contributed by atoms with Crippen molar-refractivity contribution in [2.45, 2.75) is 88.6 Å². The van der Waals surface area contributed by atoms with Crippen molar-refractivity contribution in [1.82, 2.24) is 4.98 Å². The Morgan fingerprint density at radius 1 is 1.29 bits per heavy atom. The molecule has 1 saturated heterocycles. The summed E-state index contributed by atoms with van der Waals surface area (Å²) in [5.41, 5.74) is 1.47. The lowest BCUT2D eigenvalue weighted by molar-refractivity contribution is -0.161. The van der Waals surface area contributed by atoms with Gasteiger partial charge in [0.2, 0.25) is 0 Å². The first-order chi connectivity index (χ1) is 14.0. The Morgan fingerprint density at radius 2 is 1.90 bits per heavy atom. The number of alkyl halides is 3. The molecule has 1 aliphatic rings. The fourth-order valence-electron chi connectivity index (χ4n) is 3.16. The second-order valence-electron chi connectivity index (χ2n) is 9.19. The molecule has 0 unspecified atom stereocenters. The van der Waals surface area contributed by atoms with E-state index < -0.39 is 48.4 Å². The fraction of sp³-hybridized carbons (Fsp3) is 0.737. The van der Waals surface area contributed by atoms with Gasteiger partial charge in [0.1, 0.15) is 6.10 Å². The summed E-state index contributed by atoms with van der Waals surface area (Å²) in [6.07, 6.45) is -0.614. The van der Waals surface area contributed by atoms with Gasteiger partial charge in [0, 0.05) is 18.2 Å². The molecular formula is C19H31F3N2O5SSi. The van der Waals surface area contributed by atoms with Crippen molar-refractivity contribution >= 4 is 24.1 Å². The number of nitrogens with two attached hydrogens (primary N) is 1. The standard InChI is InChI=1S/C19H31F3N2O5SSi/c1-7-14-17(28-30(25,26)19(20,21)22)16(29-31(5,6)18(2,3)4)10-15(27-14)12-8-9-24-11-13(12)23/h8-9,11,14-17H,7,10,23H2,1-6H3/t14-,15-,16+,17-/m1/s1. The molecule has 12 heteroatoms. The van der Waals surface area contributed by atoms with Gasteiger partial charge in [0.25, 0.3) is 0 Å². The molecule has 0 aliphatic carbocycles. The van der Waals surface area contributed by atoms with Crippen molar-refractivity contribution in [2.24, 2.45) is 0 Å². The van der Waals surface area contributed by atoms with Gasteiger partial charge < -0.3 is 14.9 Å². The van der Waals surface area contributed by atoms with E-state index in [4.69, 9.17) is 19.1 Å². The van der Waals surface area contributed by atoms with E-state index in [2.05, 4.69) is 4.98 Å². The average Bonchev–Trinajstić information content (AvgIpc) is 2.61. The zero-order valence-corrected chi connectivity index (χ0v) is 20.4. The minimum atomic E-state index is -5.83. The number of ether oxygens (including phenoxy) is 1. The molecule has 1 fully saturated rings. The number of hydrogen-bond acceptors (Lipinski definition) is 7. The van der Waals surface area contributed by atoms with Crippen LogP contribution in [0.3, 0.4) is 0 Å². The summed E-state index contributed by atoms with van der Waals surface area (Å²) in [5.74, 6) is 0. The summed E-state index contributed by atoms with van der Waals surface area (Å²) in [5, 5.41) is -0.258. The molecule has 1 aromatic rings. The summed E-state index contributed by atoms with van der Waals surface area (Å²) in [6.45, 7) is 11.5. The summed E-state index contributed by atoms with van der Waals surface area (Å²) in [6, 6.07) is 1.67. The lowest BCUT2D eigenvalue weighted by Gasteiger charge is -2.46. The molecule has 2 rings (SSSR count). The molecule has 178 valence electrons. The first-order valence-corrected chi connectivity index (χ1v) is 14.3. The normalized spacial score (nSPS) is 26.1. The third-order valence-electron chi connectivity index (χ3n) is 5.93. The number of aromatic nitrogens is 1. The smallest absolute Gasteiger partial charge is 0.411 e. The molecule has 0 radical (unpaired) electrons. The van der Waals surface area contributed by atoms with Gasteiger partial charge in [-0.2, -0.15) is 21.6 Å². The van der Waals surface area contributed by atoms with Gasteiger partial charge in [-0.3, -0.25) is 9.17 Å². The highest BCUT2D eigenvalue weighted by molar-refractivity contribution is 7.87. The predicted molar refractivity (Wildman–Crippen MR) is 113 cm³/mol. The number of hydrogen-bond donors (Lipinski definition) is 1. The maximum absolute atomic E-state index is 13.1. The summed E-state index contributed by atoms with van der Waals surface area (Å²) >= 11 is 0. The van der Waals surface area contributed by atoms with Crippen LogP contribution in [0.4, 0.5) is 18.9 Å². The Bertz CT molecular complexity index is 874. The van der Waals surface area contributed by atoms with Crippen LogP contribution in [0, 0.1) is 0 Å². The SMILES string of the molecule is CC[C@H]1O[C@@H](c2ccncc2N)C[C@H](O[Si](C)(C)C(C)(C)C)[C@@H]1OS(=O)(=O)C(F)(F)F. The summed E-state index contributed by atoms with van der Waals surface area (Å²) in [4.78, 5) is 3.95. The minimum Gasteiger partial charge on any atom is -0.411 e. The van der Waals surface area contributed by atoms with Crippen LogP contribution in [0.25, 0.3) is 0 Å². The molecule has 0 bridgehead atoms. The number of nitrogens with zero attached hydrogens (tertiary/aromatic N) is 1. The van der Waals surface area contributed by atoms with Gasteiger partial charge in [-0.1, -0.05) is 27.7 Å². The van der Waals surface area contributed by atoms with Crippen LogP contribution in [-0.2, 0) is 23.5 Å². The predicted octanol–water partition coefficient (Wildman–Crippen LogP) is 4.53. The molecule has 1 aromatic heterocycles. The molecule has 0 amide bonds. The molecule has 0 saturated carbocycles. The van der Waals surface area contributed by atoms with Crippen molar-refractivity contribution in [3.8, 4) is 0 Å². The van der Waals surface area contributed by atoms with Gasteiger partial charge in [-0.05, 0) is 30.6 Å². The monoisotopic (exact) mass is 484 g/mol. The number of rotatable bonds is 6. The molecule has 1 aliphatic heterocycles. The van der Waals surface area contributed by atoms with Crippen molar-refractivity contribution < 1.29 is 34.9 Å². The highest BCUT2D eigenvalue weighted by Gasteiger charge is 2.53. The fourth-order valence-corrected chi connectivity index (χ4v) is 5.15. The quantitative estimate of drug-likeness (QED) is 0.360. The van der Waals surface area contributed by atoms with E-state index in [1.807, 2.05) is 33.9 Å². The number of nitrogen functional groups attached to an aromatic ring is 1. The Balaban J connectivity index is 2.47. The Hall–Kier alpha value is -1.21. The topological polar surface area (TPSA) is 101 Å². The number of pyridine rings is 1. The molecule has 2 N–H and O–H groups in total. The third-order valence-corrected chi connectivity index (χ3v) is 11.5. The van der Waals surface area contributed by atoms with Crippen molar-refractivity contribution in [3.63, 3.8) is 0 Å². The zero-order chi connectivity index (χ0) is 23.8. The third kappa shape index (κ3) is 5.78. The van der Waals surface area contributed by atoms with Crippen LogP contribution in [0.2, 0.25) is 18.1 Å². The Kier molecular flexibility index (Phi) is 7.53. The van der Waals surface area contributed by atoms with E-state index in [1.165, 1.54) is 12.4 Å². The van der Waals surface area contributed by atoms with Gasteiger partial charge >= 0.3 is 15.6 Å². The lowest BCUT2D eigenvalue weighted by atomic mass is 9.92. The van der Waals surface area contributed by atoms with Crippen LogP contribution in [-0.4, -0.2) is 45.5 Å². The first-order valence-electron chi connectivity index (χ1n) is 10.0. The lowest BCUT2D eigenvalue weighted by Crippen LogP contribution is -2.55. The number of halogens is 3. The minimum absolute atomic E-state index is 0.0925. The zero-order valence-electron chi connectivity index (χ0n) is 18.6. The molecule has 4 atom stereocenters. The first kappa shape index (κ1) is 26.0. The van der Waals surface area contributed by atoms with E-state index in [0.717, 1.165) is 0 Å². The molecular weight excluding hydrogens is 453 g/mol. The molecule has 31 heavy (non-hydrogen) atoms. The molecule has 2 heterocycles. The second kappa shape index (κ2) is 8.97. The van der Waals surface area contributed by atoms with Gasteiger partial charge in [-0.15, -0.1) is 0 Å². The van der Waals surface area contributed by atoms with E-state index >= 15 is 0 Å². The van der Waals surface area contributed by atoms with E-state index in [0.29, 0.717) is 11.3 Å². The maximum Gasteiger partial charge on any atom is 0.523 e. The molecule has 0 aromatic carbocycles. The van der Waals surface area contributed by atoms with E-state index in [1.54, 1.807) is 13.0 Å². The van der Waals surface area contributed by atoms with Gasteiger partial charge in [-0.25, -0.2) is 0 Å². The van der Waals surface area contributed by atoms with E-state index in [-0.39, 0.29) is 17.9 Å². The Labute approximate surface area is 182 Å². The van der Waals surface area contributed by atoms with Crippen molar-refractivity contribution in [2.75, 3.05) is 5.73 Å². The summed E-state index contributed by atoms with van der Waals surface area (Å²) in [7, 11) is -8.33. The van der Waals surface area contributed by atoms with Crippen LogP contribution < -0.4 is 5.73 Å². The van der Waals surface area contributed by atoms with Gasteiger partial charge in [0.15, 0.2) is 8.32 Å². The highest BCUT2D eigenvalue weighted by atomic mass is 32.2. The van der Waals surface area contributed by atoms with E-state index in [9.17, 15) is 21.6 Å². The van der Waals surface area contributed by atoms with Crippen LogP contribution in [0.15, 0.2) is 18.5 Å². The highest BCUT2D eigenvalue weighted by Crippen LogP contribution is 2.44. The van der Waals surface area contributed by atoms with Crippen molar-refractivity contribution in [3.05, 3.63) is 24.0 Å².